The number of nitrogens with zero attached hydrogens (tertiary/aromatic N) is 2. The van der Waals surface area contributed by atoms with E-state index in [9.17, 15) is 4.79 Å². The number of carbonyl (C=O) groups is 1. The topological polar surface area (TPSA) is 43.8 Å². The van der Waals surface area contributed by atoms with Gasteiger partial charge in [-0.05, 0) is 47.1 Å². The molecular formula is C18H28Cl3KN2O2. The number of Topliss-reactive ketones (excluding diaryl/α,β-unsaturated/α-hetero) is 1. The van der Waals surface area contributed by atoms with Crippen LogP contribution in [-0.4, -0.2) is 113 Å². The van der Waals surface area contributed by atoms with Gasteiger partial charge in [-0.2, -0.15) is 0 Å². The van der Waals surface area contributed by atoms with Gasteiger partial charge in [-0.15, -0.1) is 0 Å². The Kier molecular flexibility index (Phi) is 13.9. The van der Waals surface area contributed by atoms with Gasteiger partial charge in [0.2, 0.25) is 0 Å². The zero-order chi connectivity index (χ0) is 19.1. The molecule has 1 N–H and O–H groups in total. The van der Waals surface area contributed by atoms with Crippen molar-refractivity contribution in [3.05, 3.63) is 27.2 Å². The quantitative estimate of drug-likeness (QED) is 0.561. The number of hydrogen-bond donors (Lipinski definition) is 1. The molecule has 1 aliphatic rings. The van der Waals surface area contributed by atoms with Crippen LogP contribution in [0.3, 0.4) is 0 Å². The first-order valence-corrected chi connectivity index (χ1v) is 9.41. The summed E-state index contributed by atoms with van der Waals surface area (Å²) in [6.45, 7) is 1.84. The Morgan fingerprint density at radius 3 is 1.73 bits per heavy atom. The van der Waals surface area contributed by atoms with Crippen molar-refractivity contribution in [1.29, 1.82) is 0 Å². The van der Waals surface area contributed by atoms with E-state index in [1.165, 1.54) is 18.6 Å². The molecule has 0 spiro atoms. The van der Waals surface area contributed by atoms with Crippen molar-refractivity contribution < 1.29 is 9.90 Å². The average molecular weight is 450 g/mol. The second-order valence-corrected chi connectivity index (χ2v) is 8.19. The Morgan fingerprint density at radius 1 is 0.923 bits per heavy atom. The molecule has 0 aromatic heterocycles. The zero-order valence-corrected chi connectivity index (χ0v) is 17.5. The number of carbonyl (C=O) groups excluding carboxylic acids is 1. The summed E-state index contributed by atoms with van der Waals surface area (Å²) in [6.07, 6.45) is 3.38. The van der Waals surface area contributed by atoms with Crippen LogP contribution in [0.1, 0.15) is 19.3 Å². The molecule has 0 bridgehead atoms. The Morgan fingerprint density at radius 2 is 1.35 bits per heavy atom. The summed E-state index contributed by atoms with van der Waals surface area (Å²) in [7, 11) is 8.18. The molecule has 144 valence electrons. The van der Waals surface area contributed by atoms with Crippen molar-refractivity contribution in [2.75, 3.05) is 41.3 Å². The summed E-state index contributed by atoms with van der Waals surface area (Å²) in [4.78, 5) is 16.4. The number of benzene rings is 1. The molecule has 8 heteroatoms. The van der Waals surface area contributed by atoms with E-state index in [1.54, 1.807) is 0 Å². The van der Waals surface area contributed by atoms with Crippen LogP contribution in [0.5, 0.6) is 5.75 Å². The molecule has 1 aromatic carbocycles. The summed E-state index contributed by atoms with van der Waals surface area (Å²) in [5, 5.41) is 9.79. The van der Waals surface area contributed by atoms with E-state index in [1.807, 2.05) is 28.2 Å². The fraction of sp³-hybridized carbons (Fsp3) is 0.611. The first-order chi connectivity index (χ1) is 11.6. The van der Waals surface area contributed by atoms with Gasteiger partial charge in [0, 0.05) is 31.0 Å². The van der Waals surface area contributed by atoms with Crippen LogP contribution < -0.4 is 0 Å². The molecule has 2 unspecified atom stereocenters. The molecule has 0 radical (unpaired) electrons. The van der Waals surface area contributed by atoms with Crippen molar-refractivity contribution >= 4 is 92.0 Å². The van der Waals surface area contributed by atoms with Crippen LogP contribution in [-0.2, 0) is 4.79 Å². The predicted octanol–water partition coefficient (Wildman–Crippen LogP) is 3.80. The van der Waals surface area contributed by atoms with Crippen LogP contribution >= 0.6 is 34.8 Å². The minimum absolute atomic E-state index is 0. The number of hydrogen-bond acceptors (Lipinski definition) is 4. The van der Waals surface area contributed by atoms with E-state index in [4.69, 9.17) is 39.9 Å². The van der Waals surface area contributed by atoms with Crippen molar-refractivity contribution in [1.82, 2.24) is 9.80 Å². The van der Waals surface area contributed by atoms with Gasteiger partial charge in [0.25, 0.3) is 0 Å². The molecule has 0 saturated heterocycles. The van der Waals surface area contributed by atoms with Gasteiger partial charge in [-0.25, -0.2) is 0 Å². The molecule has 1 aliphatic carbocycles. The second-order valence-electron chi connectivity index (χ2n) is 6.97. The molecule has 26 heavy (non-hydrogen) atoms. The maximum atomic E-state index is 12.1. The van der Waals surface area contributed by atoms with Crippen LogP contribution in [0.2, 0.25) is 15.1 Å². The van der Waals surface area contributed by atoms with Gasteiger partial charge in [0.15, 0.2) is 0 Å². The number of phenols is 1. The number of rotatable bonds is 4. The molecule has 2 atom stereocenters. The normalized spacial score (nSPS) is 19.8. The SMILES string of the molecule is CN(C)CC1CCCC(CN(C)C)C1=O.Oc1cc(Cl)c(Cl)cc1Cl.[KH]. The molecule has 1 aromatic rings. The number of ketones is 1. The Hall–Kier alpha value is 1.12. The molecule has 4 nitrogen and oxygen atoms in total. The first kappa shape index (κ1) is 27.1. The Bertz CT molecular complexity index is 516. The van der Waals surface area contributed by atoms with Gasteiger partial charge in [0.1, 0.15) is 11.5 Å². The molecule has 0 aliphatic heterocycles. The van der Waals surface area contributed by atoms with E-state index >= 15 is 0 Å². The molecule has 1 fully saturated rings. The van der Waals surface area contributed by atoms with Crippen molar-refractivity contribution in [2.45, 2.75) is 19.3 Å². The fourth-order valence-corrected chi connectivity index (χ4v) is 3.53. The van der Waals surface area contributed by atoms with Crippen LogP contribution in [0.15, 0.2) is 12.1 Å². The molecule has 0 heterocycles. The summed E-state index contributed by atoms with van der Waals surface area (Å²) in [6, 6.07) is 2.69. The third kappa shape index (κ3) is 9.55. The van der Waals surface area contributed by atoms with Gasteiger partial charge in [0.05, 0.1) is 15.1 Å². The van der Waals surface area contributed by atoms with E-state index < -0.39 is 0 Å². The van der Waals surface area contributed by atoms with Crippen LogP contribution in [0, 0.1) is 11.8 Å². The molecule has 1 saturated carbocycles. The molecule has 2 rings (SSSR count). The zero-order valence-electron chi connectivity index (χ0n) is 15.2. The Balaban J connectivity index is 0.000000497. The van der Waals surface area contributed by atoms with Crippen molar-refractivity contribution in [2.24, 2.45) is 11.8 Å². The summed E-state index contributed by atoms with van der Waals surface area (Å²) < 4.78 is 0. The van der Waals surface area contributed by atoms with Gasteiger partial charge < -0.3 is 14.9 Å². The standard InChI is InChI=1S/C12H24N2O.C6H3Cl3O.K.H/c1-13(2)8-10-6-5-7-11(12(10)15)9-14(3)4;7-3-1-5(9)6(10)2-4(3)8;;/h10-11H,5-9H2,1-4H3;1-2,10H;;. The molecular weight excluding hydrogens is 422 g/mol. The Labute approximate surface area is 214 Å². The van der Waals surface area contributed by atoms with E-state index in [0.29, 0.717) is 15.8 Å². The average Bonchev–Trinajstić information content (AvgIpc) is 2.49. The third-order valence-electron chi connectivity index (χ3n) is 4.07. The predicted molar refractivity (Wildman–Crippen MR) is 113 cm³/mol. The van der Waals surface area contributed by atoms with E-state index in [2.05, 4.69) is 9.80 Å². The maximum absolute atomic E-state index is 12.1. The number of halogens is 3. The van der Waals surface area contributed by atoms with Gasteiger partial charge in [-0.1, -0.05) is 41.2 Å². The van der Waals surface area contributed by atoms with Crippen LogP contribution in [0.25, 0.3) is 0 Å². The van der Waals surface area contributed by atoms with Crippen molar-refractivity contribution in [3.63, 3.8) is 0 Å². The fourth-order valence-electron chi connectivity index (χ4n) is 2.98. The number of phenolic OH excluding ortho intramolecular Hbond substituents is 1. The first-order valence-electron chi connectivity index (χ1n) is 8.28. The van der Waals surface area contributed by atoms with Crippen LogP contribution in [0.4, 0.5) is 0 Å². The third-order valence-corrected chi connectivity index (χ3v) is 5.10. The minimum atomic E-state index is -0.0592. The summed E-state index contributed by atoms with van der Waals surface area (Å²) >= 11 is 16.6. The molecule has 0 amide bonds. The summed E-state index contributed by atoms with van der Waals surface area (Å²) in [5.41, 5.74) is 0. The van der Waals surface area contributed by atoms with Crippen molar-refractivity contribution in [3.8, 4) is 5.75 Å². The number of aromatic hydroxyl groups is 1. The summed E-state index contributed by atoms with van der Waals surface area (Å²) in [5.74, 6) is 0.983. The van der Waals surface area contributed by atoms with Gasteiger partial charge in [-0.3, -0.25) is 4.79 Å². The van der Waals surface area contributed by atoms with E-state index in [0.717, 1.165) is 25.9 Å². The second kappa shape index (κ2) is 13.4. The van der Waals surface area contributed by atoms with E-state index in [-0.39, 0.29) is 74.0 Å². The monoisotopic (exact) mass is 448 g/mol. The van der Waals surface area contributed by atoms with Gasteiger partial charge >= 0.3 is 51.4 Å².